The molecular formula is C9H5FN4O3. The summed E-state index contributed by atoms with van der Waals surface area (Å²) < 4.78 is 14.2. The van der Waals surface area contributed by atoms with E-state index in [2.05, 4.69) is 10.3 Å². The number of non-ortho nitro benzene ring substituents is 1. The molecule has 0 radical (unpaired) electrons. The third-order valence-electron chi connectivity index (χ3n) is 1.97. The van der Waals surface area contributed by atoms with E-state index in [0.29, 0.717) is 6.29 Å². The number of hydrogen-bond acceptors (Lipinski definition) is 5. The second-order valence-electron chi connectivity index (χ2n) is 3.13. The molecule has 0 aliphatic carbocycles. The van der Waals surface area contributed by atoms with E-state index in [1.165, 1.54) is 6.20 Å². The fourth-order valence-electron chi connectivity index (χ4n) is 1.25. The van der Waals surface area contributed by atoms with Crippen molar-refractivity contribution in [3.8, 4) is 5.69 Å². The van der Waals surface area contributed by atoms with Gasteiger partial charge in [0.15, 0.2) is 6.29 Å². The van der Waals surface area contributed by atoms with E-state index in [1.54, 1.807) is 0 Å². The minimum atomic E-state index is -0.766. The molecule has 2 aromatic rings. The SMILES string of the molecule is O=Cc1cn(-c2cc(F)cc([N+](=O)[O-])c2)nn1. The zero-order valence-corrected chi connectivity index (χ0v) is 8.28. The van der Waals surface area contributed by atoms with Gasteiger partial charge in [-0.1, -0.05) is 5.21 Å². The molecule has 0 spiro atoms. The van der Waals surface area contributed by atoms with Crippen molar-refractivity contribution in [2.75, 3.05) is 0 Å². The number of carbonyl (C=O) groups is 1. The first-order valence-electron chi connectivity index (χ1n) is 4.43. The minimum absolute atomic E-state index is 0.0527. The van der Waals surface area contributed by atoms with Gasteiger partial charge in [-0.2, -0.15) is 0 Å². The molecule has 17 heavy (non-hydrogen) atoms. The molecule has 0 saturated heterocycles. The molecule has 0 saturated carbocycles. The second-order valence-corrected chi connectivity index (χ2v) is 3.13. The van der Waals surface area contributed by atoms with Crippen LogP contribution in [-0.2, 0) is 0 Å². The highest BCUT2D eigenvalue weighted by atomic mass is 19.1. The van der Waals surface area contributed by atoms with Crippen LogP contribution < -0.4 is 0 Å². The zero-order valence-electron chi connectivity index (χ0n) is 8.28. The summed E-state index contributed by atoms with van der Waals surface area (Å²) in [5.41, 5.74) is -0.225. The van der Waals surface area contributed by atoms with Gasteiger partial charge in [-0.05, 0) is 0 Å². The first-order chi connectivity index (χ1) is 8.10. The summed E-state index contributed by atoms with van der Waals surface area (Å²) in [7, 11) is 0. The van der Waals surface area contributed by atoms with Crippen LogP contribution in [0.25, 0.3) is 5.69 Å². The minimum Gasteiger partial charge on any atom is -0.296 e. The van der Waals surface area contributed by atoms with Crippen LogP contribution in [-0.4, -0.2) is 26.2 Å². The van der Waals surface area contributed by atoms with Gasteiger partial charge in [0.2, 0.25) is 0 Å². The Morgan fingerprint density at radius 1 is 1.41 bits per heavy atom. The van der Waals surface area contributed by atoms with Gasteiger partial charge < -0.3 is 0 Å². The predicted octanol–water partition coefficient (Wildman–Crippen LogP) is 1.13. The highest BCUT2D eigenvalue weighted by Crippen LogP contribution is 2.18. The lowest BCUT2D eigenvalue weighted by Crippen LogP contribution is -1.98. The topological polar surface area (TPSA) is 90.9 Å². The highest BCUT2D eigenvalue weighted by molar-refractivity contribution is 5.70. The summed E-state index contributed by atoms with van der Waals surface area (Å²) in [4.78, 5) is 20.2. The Bertz CT molecular complexity index is 596. The Labute approximate surface area is 93.6 Å². The van der Waals surface area contributed by atoms with E-state index in [4.69, 9.17) is 0 Å². The Morgan fingerprint density at radius 3 is 2.76 bits per heavy atom. The molecule has 1 aromatic carbocycles. The number of hydrogen-bond donors (Lipinski definition) is 0. The molecule has 0 amide bonds. The van der Waals surface area contributed by atoms with E-state index in [9.17, 15) is 19.3 Å². The molecule has 7 nitrogen and oxygen atoms in total. The van der Waals surface area contributed by atoms with Crippen LogP contribution in [0.5, 0.6) is 0 Å². The van der Waals surface area contributed by atoms with Crippen LogP contribution in [0.3, 0.4) is 0 Å². The van der Waals surface area contributed by atoms with Crippen LogP contribution in [0, 0.1) is 15.9 Å². The van der Waals surface area contributed by atoms with Crippen molar-refractivity contribution < 1.29 is 14.1 Å². The fourth-order valence-corrected chi connectivity index (χ4v) is 1.25. The van der Waals surface area contributed by atoms with Crippen molar-refractivity contribution in [2.24, 2.45) is 0 Å². The maximum absolute atomic E-state index is 13.1. The Morgan fingerprint density at radius 2 is 2.18 bits per heavy atom. The lowest BCUT2D eigenvalue weighted by Gasteiger charge is -2.00. The second kappa shape index (κ2) is 4.08. The molecule has 0 bridgehead atoms. The number of halogens is 1. The number of nitro groups is 1. The number of aldehydes is 1. The van der Waals surface area contributed by atoms with Crippen LogP contribution in [0.2, 0.25) is 0 Å². The van der Waals surface area contributed by atoms with E-state index in [-0.39, 0.29) is 11.4 Å². The summed E-state index contributed by atoms with van der Waals surface area (Å²) in [6, 6.07) is 2.98. The average Bonchev–Trinajstić information content (AvgIpc) is 2.76. The van der Waals surface area contributed by atoms with Gasteiger partial charge in [0, 0.05) is 12.1 Å². The van der Waals surface area contributed by atoms with Gasteiger partial charge in [-0.3, -0.25) is 14.9 Å². The smallest absolute Gasteiger partial charge is 0.274 e. The van der Waals surface area contributed by atoms with Crippen molar-refractivity contribution in [3.05, 3.63) is 46.0 Å². The van der Waals surface area contributed by atoms with E-state index in [0.717, 1.165) is 22.9 Å². The number of nitro benzene ring substituents is 1. The maximum atomic E-state index is 13.1. The van der Waals surface area contributed by atoms with Gasteiger partial charge in [0.05, 0.1) is 22.9 Å². The third kappa shape index (κ3) is 2.14. The Balaban J connectivity index is 2.51. The lowest BCUT2D eigenvalue weighted by atomic mass is 10.2. The molecule has 0 atom stereocenters. The standard InChI is InChI=1S/C9H5FN4O3/c10-6-1-8(3-9(2-6)14(16)17)13-4-7(5-15)11-12-13/h1-5H. The largest absolute Gasteiger partial charge is 0.296 e. The summed E-state index contributed by atoms with van der Waals surface area (Å²) in [5, 5.41) is 17.5. The van der Waals surface area contributed by atoms with Gasteiger partial charge in [0.1, 0.15) is 11.5 Å². The monoisotopic (exact) mass is 236 g/mol. The highest BCUT2D eigenvalue weighted by Gasteiger charge is 2.12. The first-order valence-corrected chi connectivity index (χ1v) is 4.43. The molecule has 1 heterocycles. The Hall–Kier alpha value is -2.64. The zero-order chi connectivity index (χ0) is 12.4. The summed E-state index contributed by atoms with van der Waals surface area (Å²) in [5.74, 6) is -0.766. The molecule has 0 unspecified atom stereocenters. The van der Waals surface area contributed by atoms with Crippen LogP contribution in [0.15, 0.2) is 24.4 Å². The predicted molar refractivity (Wildman–Crippen MR) is 53.4 cm³/mol. The normalized spacial score (nSPS) is 10.2. The quantitative estimate of drug-likeness (QED) is 0.452. The van der Waals surface area contributed by atoms with Crippen molar-refractivity contribution >= 4 is 12.0 Å². The molecule has 0 N–H and O–H groups in total. The van der Waals surface area contributed by atoms with Gasteiger partial charge in [-0.15, -0.1) is 5.10 Å². The van der Waals surface area contributed by atoms with Gasteiger partial charge >= 0.3 is 0 Å². The molecular weight excluding hydrogens is 231 g/mol. The average molecular weight is 236 g/mol. The number of nitrogens with zero attached hydrogens (tertiary/aromatic N) is 4. The lowest BCUT2D eigenvalue weighted by molar-refractivity contribution is -0.385. The molecule has 0 aliphatic heterocycles. The molecule has 8 heteroatoms. The molecule has 2 rings (SSSR count). The third-order valence-corrected chi connectivity index (χ3v) is 1.97. The van der Waals surface area contributed by atoms with Gasteiger partial charge in [-0.25, -0.2) is 9.07 Å². The van der Waals surface area contributed by atoms with Crippen molar-refractivity contribution in [1.82, 2.24) is 15.0 Å². The molecule has 0 fully saturated rings. The van der Waals surface area contributed by atoms with Crippen molar-refractivity contribution in [2.45, 2.75) is 0 Å². The number of rotatable bonds is 3. The number of benzene rings is 1. The number of aromatic nitrogens is 3. The molecule has 86 valence electrons. The van der Waals surface area contributed by atoms with Crippen molar-refractivity contribution in [3.63, 3.8) is 0 Å². The molecule has 1 aromatic heterocycles. The maximum Gasteiger partial charge on any atom is 0.274 e. The summed E-state index contributed by atoms with van der Waals surface area (Å²) in [6.07, 6.45) is 1.71. The van der Waals surface area contributed by atoms with Crippen molar-refractivity contribution in [1.29, 1.82) is 0 Å². The first kappa shape index (κ1) is 10.9. The Kier molecular flexibility index (Phi) is 2.61. The van der Waals surface area contributed by atoms with Crippen LogP contribution in [0.4, 0.5) is 10.1 Å². The van der Waals surface area contributed by atoms with E-state index in [1.807, 2.05) is 0 Å². The fraction of sp³-hybridized carbons (Fsp3) is 0. The molecule has 0 aliphatic rings. The van der Waals surface area contributed by atoms with E-state index < -0.39 is 16.4 Å². The number of carbonyl (C=O) groups excluding carboxylic acids is 1. The summed E-state index contributed by atoms with van der Waals surface area (Å²) >= 11 is 0. The van der Waals surface area contributed by atoms with Crippen LogP contribution >= 0.6 is 0 Å². The van der Waals surface area contributed by atoms with Crippen LogP contribution in [0.1, 0.15) is 10.5 Å². The summed E-state index contributed by atoms with van der Waals surface area (Å²) in [6.45, 7) is 0. The van der Waals surface area contributed by atoms with Gasteiger partial charge in [0.25, 0.3) is 5.69 Å². The van der Waals surface area contributed by atoms with E-state index >= 15 is 0 Å².